The Balaban J connectivity index is 2.27. The fraction of sp³-hybridized carbons (Fsp3) is 0.545. The summed E-state index contributed by atoms with van der Waals surface area (Å²) in [6.07, 6.45) is 0.199. The molecule has 0 radical (unpaired) electrons. The lowest BCUT2D eigenvalue weighted by atomic mass is 9.89. The maximum atomic E-state index is 10.6. The largest absolute Gasteiger partial charge is 0.481 e. The summed E-state index contributed by atoms with van der Waals surface area (Å²) in [7, 11) is 0. The van der Waals surface area contributed by atoms with Crippen molar-refractivity contribution in [3.8, 4) is 0 Å². The van der Waals surface area contributed by atoms with Crippen molar-refractivity contribution >= 4 is 17.3 Å². The van der Waals surface area contributed by atoms with E-state index < -0.39 is 5.97 Å². The Hall–Kier alpha value is -0.870. The van der Waals surface area contributed by atoms with Crippen LogP contribution in [0.5, 0.6) is 0 Å². The lowest BCUT2D eigenvalue weighted by Gasteiger charge is -2.22. The number of rotatable bonds is 6. The van der Waals surface area contributed by atoms with Crippen molar-refractivity contribution < 1.29 is 9.90 Å². The number of carboxylic acids is 1. The number of carboxylic acid groups (broad SMARTS) is 1. The van der Waals surface area contributed by atoms with E-state index in [1.54, 1.807) is 11.3 Å². The summed E-state index contributed by atoms with van der Waals surface area (Å²) in [6, 6.07) is 4.09. The minimum absolute atomic E-state index is 0.191. The van der Waals surface area contributed by atoms with Gasteiger partial charge >= 0.3 is 5.97 Å². The van der Waals surface area contributed by atoms with Gasteiger partial charge in [-0.1, -0.05) is 19.9 Å². The Labute approximate surface area is 94.1 Å². The topological polar surface area (TPSA) is 49.3 Å². The van der Waals surface area contributed by atoms with Crippen LogP contribution < -0.4 is 5.32 Å². The van der Waals surface area contributed by atoms with Crippen LogP contribution in [0.2, 0.25) is 0 Å². The molecule has 0 fully saturated rings. The Morgan fingerprint density at radius 3 is 2.87 bits per heavy atom. The molecule has 0 bridgehead atoms. The zero-order valence-corrected chi connectivity index (χ0v) is 9.93. The predicted octanol–water partition coefficient (Wildman–Crippen LogP) is 2.34. The van der Waals surface area contributed by atoms with Gasteiger partial charge in [0.25, 0.3) is 0 Å². The first kappa shape index (κ1) is 12.2. The molecule has 0 saturated heterocycles. The highest BCUT2D eigenvalue weighted by Crippen LogP contribution is 2.19. The van der Waals surface area contributed by atoms with Crippen molar-refractivity contribution in [2.24, 2.45) is 5.41 Å². The molecule has 0 atom stereocenters. The second kappa shape index (κ2) is 5.28. The molecule has 2 N–H and O–H groups in total. The number of nitrogens with one attached hydrogen (secondary N) is 1. The number of aliphatic carboxylic acids is 1. The highest BCUT2D eigenvalue weighted by atomic mass is 32.1. The summed E-state index contributed by atoms with van der Waals surface area (Å²) in [4.78, 5) is 11.9. The fourth-order valence-electron chi connectivity index (χ4n) is 1.41. The van der Waals surface area contributed by atoms with Crippen LogP contribution >= 0.6 is 11.3 Å². The Kier molecular flexibility index (Phi) is 4.29. The van der Waals surface area contributed by atoms with Gasteiger partial charge in [-0.05, 0) is 16.9 Å². The molecule has 0 aliphatic rings. The van der Waals surface area contributed by atoms with E-state index >= 15 is 0 Å². The standard InChI is InChI=1S/C11H17NO2S/c1-11(2,6-10(13)14)8-12-7-9-4-3-5-15-9/h3-5,12H,6-8H2,1-2H3,(H,13,14). The van der Waals surface area contributed by atoms with Gasteiger partial charge in [-0.25, -0.2) is 0 Å². The van der Waals surface area contributed by atoms with E-state index in [0.717, 1.165) is 13.1 Å². The van der Waals surface area contributed by atoms with Gasteiger partial charge in [0, 0.05) is 18.0 Å². The zero-order chi connectivity index (χ0) is 11.3. The minimum atomic E-state index is -0.738. The van der Waals surface area contributed by atoms with E-state index in [0.29, 0.717) is 0 Å². The van der Waals surface area contributed by atoms with Gasteiger partial charge < -0.3 is 10.4 Å². The van der Waals surface area contributed by atoms with Crippen molar-refractivity contribution in [2.75, 3.05) is 6.54 Å². The Morgan fingerprint density at radius 2 is 2.33 bits per heavy atom. The summed E-state index contributed by atoms with van der Waals surface area (Å²) in [5.74, 6) is -0.738. The molecule has 0 aliphatic heterocycles. The highest BCUT2D eigenvalue weighted by Gasteiger charge is 2.20. The quantitative estimate of drug-likeness (QED) is 0.784. The van der Waals surface area contributed by atoms with E-state index in [4.69, 9.17) is 5.11 Å². The number of hydrogen-bond acceptors (Lipinski definition) is 3. The van der Waals surface area contributed by atoms with Crippen molar-refractivity contribution in [1.29, 1.82) is 0 Å². The first-order chi connectivity index (χ1) is 6.99. The molecule has 0 unspecified atom stereocenters. The summed E-state index contributed by atoms with van der Waals surface area (Å²) in [5.41, 5.74) is -0.191. The minimum Gasteiger partial charge on any atom is -0.481 e. The average Bonchev–Trinajstić information content (AvgIpc) is 2.53. The molecular weight excluding hydrogens is 210 g/mol. The molecule has 0 amide bonds. The number of hydrogen-bond donors (Lipinski definition) is 2. The maximum absolute atomic E-state index is 10.6. The average molecular weight is 227 g/mol. The molecule has 0 aliphatic carbocycles. The first-order valence-corrected chi connectivity index (χ1v) is 5.82. The molecule has 0 saturated carbocycles. The SMILES string of the molecule is CC(C)(CNCc1cccs1)CC(=O)O. The van der Waals surface area contributed by atoms with Gasteiger partial charge in [0.05, 0.1) is 6.42 Å². The van der Waals surface area contributed by atoms with E-state index in [9.17, 15) is 4.79 Å². The van der Waals surface area contributed by atoms with Crippen LogP contribution in [0.25, 0.3) is 0 Å². The summed E-state index contributed by atoms with van der Waals surface area (Å²) >= 11 is 1.71. The second-order valence-electron chi connectivity index (χ2n) is 4.42. The normalized spacial score (nSPS) is 11.6. The molecule has 1 aromatic heterocycles. The highest BCUT2D eigenvalue weighted by molar-refractivity contribution is 7.09. The third-order valence-corrected chi connectivity index (χ3v) is 2.99. The van der Waals surface area contributed by atoms with E-state index in [1.165, 1.54) is 4.88 Å². The lowest BCUT2D eigenvalue weighted by Crippen LogP contribution is -2.30. The Bertz CT molecular complexity index is 306. The fourth-order valence-corrected chi connectivity index (χ4v) is 2.08. The summed E-state index contributed by atoms with van der Waals surface area (Å²) < 4.78 is 0. The van der Waals surface area contributed by atoms with Crippen molar-refractivity contribution in [2.45, 2.75) is 26.8 Å². The summed E-state index contributed by atoms with van der Waals surface area (Å²) in [6.45, 7) is 5.46. The van der Waals surface area contributed by atoms with Crippen LogP contribution in [-0.4, -0.2) is 17.6 Å². The third-order valence-electron chi connectivity index (χ3n) is 2.11. The smallest absolute Gasteiger partial charge is 0.303 e. The molecular formula is C11H17NO2S. The van der Waals surface area contributed by atoms with E-state index in [1.807, 2.05) is 25.3 Å². The van der Waals surface area contributed by atoms with Gasteiger partial charge in [-0.15, -0.1) is 11.3 Å². The molecule has 4 heteroatoms. The van der Waals surface area contributed by atoms with Crippen molar-refractivity contribution in [1.82, 2.24) is 5.32 Å². The van der Waals surface area contributed by atoms with E-state index in [-0.39, 0.29) is 11.8 Å². The van der Waals surface area contributed by atoms with Gasteiger partial charge in [0.2, 0.25) is 0 Å². The third kappa shape index (κ3) is 4.95. The van der Waals surface area contributed by atoms with Gasteiger partial charge in [0.15, 0.2) is 0 Å². The predicted molar refractivity (Wildman–Crippen MR) is 62.1 cm³/mol. The molecule has 1 aromatic rings. The lowest BCUT2D eigenvalue weighted by molar-refractivity contribution is -0.139. The van der Waals surface area contributed by atoms with Gasteiger partial charge in [0.1, 0.15) is 0 Å². The maximum Gasteiger partial charge on any atom is 0.303 e. The van der Waals surface area contributed by atoms with Crippen molar-refractivity contribution in [3.63, 3.8) is 0 Å². The van der Waals surface area contributed by atoms with Gasteiger partial charge in [-0.2, -0.15) is 0 Å². The Morgan fingerprint density at radius 1 is 1.60 bits per heavy atom. The van der Waals surface area contributed by atoms with Crippen molar-refractivity contribution in [3.05, 3.63) is 22.4 Å². The monoisotopic (exact) mass is 227 g/mol. The van der Waals surface area contributed by atoms with Gasteiger partial charge in [-0.3, -0.25) is 4.79 Å². The van der Waals surface area contributed by atoms with Crippen LogP contribution in [-0.2, 0) is 11.3 Å². The summed E-state index contributed by atoms with van der Waals surface area (Å²) in [5, 5.41) is 14.0. The molecule has 84 valence electrons. The van der Waals surface area contributed by atoms with Crippen LogP contribution in [0.4, 0.5) is 0 Å². The second-order valence-corrected chi connectivity index (χ2v) is 5.45. The molecule has 1 heterocycles. The van der Waals surface area contributed by atoms with Crippen LogP contribution in [0.15, 0.2) is 17.5 Å². The molecule has 0 aromatic carbocycles. The number of thiophene rings is 1. The van der Waals surface area contributed by atoms with Crippen LogP contribution in [0.3, 0.4) is 0 Å². The number of carbonyl (C=O) groups is 1. The molecule has 3 nitrogen and oxygen atoms in total. The zero-order valence-electron chi connectivity index (χ0n) is 9.12. The molecule has 1 rings (SSSR count). The van der Waals surface area contributed by atoms with Crippen LogP contribution in [0.1, 0.15) is 25.1 Å². The molecule has 15 heavy (non-hydrogen) atoms. The first-order valence-electron chi connectivity index (χ1n) is 4.94. The van der Waals surface area contributed by atoms with Crippen LogP contribution in [0, 0.1) is 5.41 Å². The molecule has 0 spiro atoms. The van der Waals surface area contributed by atoms with E-state index in [2.05, 4.69) is 11.4 Å².